The van der Waals surface area contributed by atoms with E-state index in [0.29, 0.717) is 12.2 Å². The van der Waals surface area contributed by atoms with Crippen molar-refractivity contribution >= 4 is 5.97 Å². The van der Waals surface area contributed by atoms with Gasteiger partial charge in [-0.2, -0.15) is 0 Å². The molecule has 68 valence electrons. The Kier molecular flexibility index (Phi) is 3.29. The van der Waals surface area contributed by atoms with Crippen LogP contribution in [0.1, 0.15) is 19.8 Å². The number of hydrogen-bond donors (Lipinski definition) is 0. The van der Waals surface area contributed by atoms with Crippen LogP contribution in [0.25, 0.3) is 0 Å². The highest BCUT2D eigenvalue weighted by molar-refractivity contribution is 5.88. The molecule has 0 amide bonds. The molecule has 1 aliphatic rings. The third-order valence-corrected chi connectivity index (χ3v) is 1.86. The van der Waals surface area contributed by atoms with Gasteiger partial charge in [0.25, 0.3) is 0 Å². The number of ether oxygens (including phenoxy) is 2. The summed E-state index contributed by atoms with van der Waals surface area (Å²) in [6, 6.07) is 0. The molecule has 0 aromatic rings. The molecule has 1 rings (SSSR count). The molecule has 0 N–H and O–H groups in total. The smallest absolute Gasteiger partial charge is 0.336 e. The first-order valence-electron chi connectivity index (χ1n) is 4.23. The molecule has 0 aromatic heterocycles. The summed E-state index contributed by atoms with van der Waals surface area (Å²) in [6.07, 6.45) is 1.78. The first-order chi connectivity index (χ1) is 5.75. The SMILES string of the molecule is C=C(C(=O)OCC)C1CCCO1. The predicted molar refractivity (Wildman–Crippen MR) is 44.7 cm³/mol. The molecule has 0 aromatic carbocycles. The number of carbonyl (C=O) groups excluding carboxylic acids is 1. The van der Waals surface area contributed by atoms with Crippen molar-refractivity contribution in [2.75, 3.05) is 13.2 Å². The lowest BCUT2D eigenvalue weighted by Crippen LogP contribution is -2.18. The molecule has 12 heavy (non-hydrogen) atoms. The van der Waals surface area contributed by atoms with Gasteiger partial charge in [0.15, 0.2) is 0 Å². The number of carbonyl (C=O) groups is 1. The molecule has 3 nitrogen and oxygen atoms in total. The Morgan fingerprint density at radius 3 is 3.00 bits per heavy atom. The van der Waals surface area contributed by atoms with Crippen molar-refractivity contribution in [2.45, 2.75) is 25.9 Å². The zero-order valence-electron chi connectivity index (χ0n) is 7.34. The van der Waals surface area contributed by atoms with Gasteiger partial charge in [0, 0.05) is 6.61 Å². The number of rotatable bonds is 3. The van der Waals surface area contributed by atoms with Gasteiger partial charge in [-0.3, -0.25) is 0 Å². The van der Waals surface area contributed by atoms with Crippen molar-refractivity contribution in [1.82, 2.24) is 0 Å². The van der Waals surface area contributed by atoms with Crippen LogP contribution in [0.15, 0.2) is 12.2 Å². The second kappa shape index (κ2) is 4.26. The monoisotopic (exact) mass is 170 g/mol. The van der Waals surface area contributed by atoms with Crippen LogP contribution in [0.5, 0.6) is 0 Å². The molecule has 3 heteroatoms. The first kappa shape index (κ1) is 9.26. The highest BCUT2D eigenvalue weighted by atomic mass is 16.5. The summed E-state index contributed by atoms with van der Waals surface area (Å²) in [5, 5.41) is 0. The summed E-state index contributed by atoms with van der Waals surface area (Å²) in [6.45, 7) is 6.55. The number of hydrogen-bond acceptors (Lipinski definition) is 3. The van der Waals surface area contributed by atoms with E-state index < -0.39 is 0 Å². The molecular formula is C9H14O3. The quantitative estimate of drug-likeness (QED) is 0.473. The Hall–Kier alpha value is -0.830. The molecule has 0 saturated carbocycles. The minimum absolute atomic E-state index is 0.107. The summed E-state index contributed by atoms with van der Waals surface area (Å²) >= 11 is 0. The van der Waals surface area contributed by atoms with Gasteiger partial charge in [0.1, 0.15) is 0 Å². The maximum atomic E-state index is 11.1. The molecule has 1 unspecified atom stereocenters. The molecule has 0 aliphatic carbocycles. The number of esters is 1. The van der Waals surface area contributed by atoms with Crippen LogP contribution in [0.4, 0.5) is 0 Å². The van der Waals surface area contributed by atoms with E-state index in [0.717, 1.165) is 19.4 Å². The molecule has 0 spiro atoms. The van der Waals surface area contributed by atoms with Crippen LogP contribution in [0, 0.1) is 0 Å². The van der Waals surface area contributed by atoms with Crippen LogP contribution in [0.2, 0.25) is 0 Å². The fourth-order valence-electron chi connectivity index (χ4n) is 1.21. The van der Waals surface area contributed by atoms with Crippen LogP contribution in [-0.2, 0) is 14.3 Å². The van der Waals surface area contributed by atoms with Crippen LogP contribution < -0.4 is 0 Å². The second-order valence-electron chi connectivity index (χ2n) is 2.75. The lowest BCUT2D eigenvalue weighted by molar-refractivity contribution is -0.139. The van der Waals surface area contributed by atoms with E-state index in [1.165, 1.54) is 0 Å². The minimum atomic E-state index is -0.329. The Balaban J connectivity index is 2.40. The van der Waals surface area contributed by atoms with E-state index in [1.54, 1.807) is 6.92 Å². The largest absolute Gasteiger partial charge is 0.463 e. The second-order valence-corrected chi connectivity index (χ2v) is 2.75. The van der Waals surface area contributed by atoms with Gasteiger partial charge in [-0.15, -0.1) is 0 Å². The Morgan fingerprint density at radius 2 is 2.50 bits per heavy atom. The van der Waals surface area contributed by atoms with Gasteiger partial charge in [0.05, 0.1) is 18.3 Å². The van der Waals surface area contributed by atoms with Gasteiger partial charge in [-0.1, -0.05) is 6.58 Å². The summed E-state index contributed by atoms with van der Waals surface area (Å²) in [4.78, 5) is 11.1. The fraction of sp³-hybridized carbons (Fsp3) is 0.667. The summed E-state index contributed by atoms with van der Waals surface area (Å²) in [5.41, 5.74) is 0.453. The minimum Gasteiger partial charge on any atom is -0.463 e. The molecule has 1 saturated heterocycles. The third-order valence-electron chi connectivity index (χ3n) is 1.86. The van der Waals surface area contributed by atoms with Crippen LogP contribution >= 0.6 is 0 Å². The van der Waals surface area contributed by atoms with Crippen LogP contribution in [0.3, 0.4) is 0 Å². The van der Waals surface area contributed by atoms with E-state index in [9.17, 15) is 4.79 Å². The average molecular weight is 170 g/mol. The molecule has 1 fully saturated rings. The van der Waals surface area contributed by atoms with Crippen molar-refractivity contribution < 1.29 is 14.3 Å². The predicted octanol–water partition coefficient (Wildman–Crippen LogP) is 1.28. The molecule has 0 bridgehead atoms. The van der Waals surface area contributed by atoms with Crippen molar-refractivity contribution in [3.8, 4) is 0 Å². The zero-order chi connectivity index (χ0) is 8.97. The van der Waals surface area contributed by atoms with E-state index in [4.69, 9.17) is 9.47 Å². The molecule has 1 heterocycles. The molecular weight excluding hydrogens is 156 g/mol. The molecule has 0 radical (unpaired) electrons. The van der Waals surface area contributed by atoms with E-state index >= 15 is 0 Å². The van der Waals surface area contributed by atoms with Crippen molar-refractivity contribution in [3.05, 3.63) is 12.2 Å². The van der Waals surface area contributed by atoms with Gasteiger partial charge in [-0.25, -0.2) is 4.79 Å². The van der Waals surface area contributed by atoms with Gasteiger partial charge in [-0.05, 0) is 19.8 Å². The van der Waals surface area contributed by atoms with Crippen molar-refractivity contribution in [3.63, 3.8) is 0 Å². The lowest BCUT2D eigenvalue weighted by Gasteiger charge is -2.10. The Labute approximate surface area is 72.4 Å². The van der Waals surface area contributed by atoms with E-state index in [2.05, 4.69) is 6.58 Å². The summed E-state index contributed by atoms with van der Waals surface area (Å²) in [7, 11) is 0. The Bertz CT molecular complexity index is 180. The van der Waals surface area contributed by atoms with Gasteiger partial charge in [0.2, 0.25) is 0 Å². The Morgan fingerprint density at radius 1 is 1.75 bits per heavy atom. The topological polar surface area (TPSA) is 35.5 Å². The first-order valence-corrected chi connectivity index (χ1v) is 4.23. The zero-order valence-corrected chi connectivity index (χ0v) is 7.34. The van der Waals surface area contributed by atoms with Crippen molar-refractivity contribution in [1.29, 1.82) is 0 Å². The van der Waals surface area contributed by atoms with E-state index in [1.807, 2.05) is 0 Å². The summed E-state index contributed by atoms with van der Waals surface area (Å²) < 4.78 is 10.1. The average Bonchev–Trinajstić information content (AvgIpc) is 2.55. The third kappa shape index (κ3) is 2.08. The highest BCUT2D eigenvalue weighted by Gasteiger charge is 2.24. The summed E-state index contributed by atoms with van der Waals surface area (Å²) in [5.74, 6) is -0.329. The van der Waals surface area contributed by atoms with Crippen LogP contribution in [-0.4, -0.2) is 25.3 Å². The van der Waals surface area contributed by atoms with Gasteiger partial charge < -0.3 is 9.47 Å². The maximum Gasteiger partial charge on any atom is 0.336 e. The highest BCUT2D eigenvalue weighted by Crippen LogP contribution is 2.19. The maximum absolute atomic E-state index is 11.1. The fourth-order valence-corrected chi connectivity index (χ4v) is 1.21. The molecule has 1 aliphatic heterocycles. The van der Waals surface area contributed by atoms with Gasteiger partial charge >= 0.3 is 5.97 Å². The lowest BCUT2D eigenvalue weighted by atomic mass is 10.1. The molecule has 1 atom stereocenters. The van der Waals surface area contributed by atoms with E-state index in [-0.39, 0.29) is 12.1 Å². The van der Waals surface area contributed by atoms with Crippen molar-refractivity contribution in [2.24, 2.45) is 0 Å². The standard InChI is InChI=1S/C9H14O3/c1-3-11-9(10)7(2)8-5-4-6-12-8/h8H,2-6H2,1H3. The normalized spacial score (nSPS) is 22.2.